The van der Waals surface area contributed by atoms with Crippen LogP contribution in [0.3, 0.4) is 0 Å². The molecule has 2 aliphatic rings. The number of fused-ring (bicyclic) bond motifs is 1. The molecule has 0 aliphatic carbocycles. The van der Waals surface area contributed by atoms with Gasteiger partial charge >= 0.3 is 13.2 Å². The van der Waals surface area contributed by atoms with Crippen LogP contribution >= 0.6 is 0 Å². The van der Waals surface area contributed by atoms with Gasteiger partial charge in [-0.15, -0.1) is 0 Å². The largest absolute Gasteiger partial charge is 0.494 e. The summed E-state index contributed by atoms with van der Waals surface area (Å²) in [7, 11) is 0.718. The number of nitrogens with one attached hydrogen (secondary N) is 2. The topological polar surface area (TPSA) is 106 Å². The molecule has 42 heavy (non-hydrogen) atoms. The molecule has 224 valence electrons. The highest BCUT2D eigenvalue weighted by Crippen LogP contribution is 2.41. The lowest BCUT2D eigenvalue weighted by Gasteiger charge is -2.32. The number of nitrogens with zero attached hydrogens (tertiary/aromatic N) is 2. The maximum atomic E-state index is 14.7. The van der Waals surface area contributed by atoms with Crippen molar-refractivity contribution in [2.75, 3.05) is 13.7 Å². The smallest absolute Gasteiger partial charge is 0.453 e. The van der Waals surface area contributed by atoms with Gasteiger partial charge in [-0.25, -0.2) is 18.6 Å². The van der Waals surface area contributed by atoms with E-state index in [-0.39, 0.29) is 11.7 Å². The Morgan fingerprint density at radius 2 is 1.69 bits per heavy atom. The highest BCUT2D eigenvalue weighted by atomic mass is 19.3. The summed E-state index contributed by atoms with van der Waals surface area (Å²) in [6, 6.07) is 11.5. The second kappa shape index (κ2) is 10.6. The van der Waals surface area contributed by atoms with E-state index in [2.05, 4.69) is 20.0 Å². The summed E-state index contributed by atoms with van der Waals surface area (Å²) >= 11 is 0. The van der Waals surface area contributed by atoms with Crippen molar-refractivity contribution in [2.45, 2.75) is 77.2 Å². The van der Waals surface area contributed by atoms with Gasteiger partial charge in [0.25, 0.3) is 5.92 Å². The summed E-state index contributed by atoms with van der Waals surface area (Å²) in [5.41, 5.74) is 3.16. The molecule has 2 amide bonds. The van der Waals surface area contributed by atoms with Gasteiger partial charge in [0.15, 0.2) is 0 Å². The molecule has 5 rings (SSSR count). The van der Waals surface area contributed by atoms with Crippen LogP contribution in [0.25, 0.3) is 22.2 Å². The van der Waals surface area contributed by atoms with E-state index >= 15 is 0 Å². The average molecular weight is 582 g/mol. The zero-order valence-corrected chi connectivity index (χ0v) is 25.0. The number of halogens is 2. The van der Waals surface area contributed by atoms with Gasteiger partial charge in [-0.05, 0) is 62.3 Å². The molecule has 0 spiro atoms. The van der Waals surface area contributed by atoms with Crippen LogP contribution < -0.4 is 10.8 Å². The lowest BCUT2D eigenvalue weighted by atomic mass is 9.78. The Hall–Kier alpha value is -3.51. The van der Waals surface area contributed by atoms with Crippen molar-refractivity contribution in [1.29, 1.82) is 0 Å². The number of carbonyl (C=O) groups is 2. The average Bonchev–Trinajstić information content (AvgIpc) is 3.56. The molecule has 12 heteroatoms. The molecule has 0 bridgehead atoms. The van der Waals surface area contributed by atoms with Gasteiger partial charge < -0.3 is 29.2 Å². The molecular weight excluding hydrogens is 545 g/mol. The minimum absolute atomic E-state index is 0.268. The zero-order chi connectivity index (χ0) is 30.6. The van der Waals surface area contributed by atoms with Crippen LogP contribution in [-0.2, 0) is 18.8 Å². The predicted octanol–water partition coefficient (Wildman–Crippen LogP) is 4.82. The molecule has 2 saturated heterocycles. The van der Waals surface area contributed by atoms with Crippen molar-refractivity contribution in [1.82, 2.24) is 20.2 Å². The highest BCUT2D eigenvalue weighted by molar-refractivity contribution is 6.62. The first-order valence-electron chi connectivity index (χ1n) is 14.1. The van der Waals surface area contributed by atoms with E-state index in [1.165, 1.54) is 7.11 Å². The fraction of sp³-hybridized carbons (Fsp3) is 0.500. The molecule has 2 fully saturated rings. The monoisotopic (exact) mass is 582 g/mol. The Morgan fingerprint density at radius 1 is 1.07 bits per heavy atom. The molecule has 2 N–H and O–H groups in total. The lowest BCUT2D eigenvalue weighted by Crippen LogP contribution is -2.51. The van der Waals surface area contributed by atoms with Crippen molar-refractivity contribution in [3.63, 3.8) is 0 Å². The van der Waals surface area contributed by atoms with E-state index in [1.807, 2.05) is 70.2 Å². The second-order valence-corrected chi connectivity index (χ2v) is 12.5. The van der Waals surface area contributed by atoms with Crippen molar-refractivity contribution in [3.8, 4) is 11.1 Å². The summed E-state index contributed by atoms with van der Waals surface area (Å²) in [6.07, 6.45) is -1.38. The van der Waals surface area contributed by atoms with Gasteiger partial charge in [-0.1, -0.05) is 44.2 Å². The quantitative estimate of drug-likeness (QED) is 0.404. The van der Waals surface area contributed by atoms with E-state index in [0.29, 0.717) is 11.0 Å². The van der Waals surface area contributed by atoms with Gasteiger partial charge in [0.2, 0.25) is 5.91 Å². The summed E-state index contributed by atoms with van der Waals surface area (Å²) in [5.74, 6) is -3.79. The number of rotatable bonds is 6. The Labute approximate surface area is 244 Å². The molecule has 2 atom stereocenters. The third kappa shape index (κ3) is 5.61. The molecule has 0 radical (unpaired) electrons. The Morgan fingerprint density at radius 3 is 2.29 bits per heavy atom. The number of likely N-dealkylation sites (tertiary alicyclic amines) is 1. The molecule has 1 aromatic heterocycles. The number of aromatic nitrogens is 2. The summed E-state index contributed by atoms with van der Waals surface area (Å²) in [6.45, 7) is 10.7. The first-order valence-corrected chi connectivity index (χ1v) is 14.1. The van der Waals surface area contributed by atoms with Gasteiger partial charge in [0.05, 0.1) is 41.9 Å². The number of benzene rings is 2. The standard InChI is InChI=1S/C30H37BF2N4O5/c1-17(2)24(36-27(39)40-7)26(38)37-16-30(32,33)15-23(37)25-34-21-13-10-19(14-22(21)35-25)18-8-11-20(12-9-18)31-41-28(3,4)29(5,6)42-31/h8-14,17,23-24H,15-16H2,1-7H3,(H,34,35)(H,36,39). The van der Waals surface area contributed by atoms with Crippen LogP contribution in [-0.4, -0.2) is 70.8 Å². The number of methoxy groups -OCH3 is 1. The molecule has 2 aromatic carbocycles. The molecule has 3 heterocycles. The first-order chi connectivity index (χ1) is 19.6. The third-order valence-electron chi connectivity index (χ3n) is 8.53. The Kier molecular flexibility index (Phi) is 7.60. The number of aromatic amines is 1. The number of alkyl halides is 2. The molecule has 3 aromatic rings. The fourth-order valence-electron chi connectivity index (χ4n) is 5.35. The number of amides is 2. The number of hydrogen-bond donors (Lipinski definition) is 2. The fourth-order valence-corrected chi connectivity index (χ4v) is 5.35. The first kappa shape index (κ1) is 30.0. The summed E-state index contributed by atoms with van der Waals surface area (Å²) < 4.78 is 46.3. The highest BCUT2D eigenvalue weighted by Gasteiger charge is 2.52. The van der Waals surface area contributed by atoms with E-state index in [0.717, 1.165) is 21.5 Å². The number of carbonyl (C=O) groups excluding carboxylic acids is 2. The molecular formula is C30H37BF2N4O5. The summed E-state index contributed by atoms with van der Waals surface area (Å²) in [4.78, 5) is 34.1. The Bertz CT molecular complexity index is 1470. The minimum Gasteiger partial charge on any atom is -0.453 e. The van der Waals surface area contributed by atoms with Gasteiger partial charge in [0.1, 0.15) is 11.9 Å². The summed E-state index contributed by atoms with van der Waals surface area (Å²) in [5, 5.41) is 2.48. The predicted molar refractivity (Wildman–Crippen MR) is 155 cm³/mol. The maximum Gasteiger partial charge on any atom is 0.494 e. The van der Waals surface area contributed by atoms with Crippen LogP contribution in [0.5, 0.6) is 0 Å². The normalized spacial score (nSPS) is 21.6. The van der Waals surface area contributed by atoms with Crippen LogP contribution in [0.15, 0.2) is 42.5 Å². The minimum atomic E-state index is -3.10. The van der Waals surface area contributed by atoms with Crippen LogP contribution in [0.1, 0.15) is 59.8 Å². The van der Waals surface area contributed by atoms with Crippen molar-refractivity contribution in [3.05, 3.63) is 48.3 Å². The molecule has 9 nitrogen and oxygen atoms in total. The van der Waals surface area contributed by atoms with E-state index in [9.17, 15) is 18.4 Å². The zero-order valence-electron chi connectivity index (χ0n) is 25.0. The van der Waals surface area contributed by atoms with Crippen molar-refractivity contribution < 1.29 is 32.4 Å². The van der Waals surface area contributed by atoms with Gasteiger partial charge in [0, 0.05) is 6.42 Å². The third-order valence-corrected chi connectivity index (χ3v) is 8.53. The van der Waals surface area contributed by atoms with Crippen LogP contribution in [0, 0.1) is 5.92 Å². The van der Waals surface area contributed by atoms with E-state index < -0.39 is 61.3 Å². The second-order valence-electron chi connectivity index (χ2n) is 12.5. The molecule has 0 saturated carbocycles. The molecule has 2 aliphatic heterocycles. The molecule has 2 unspecified atom stereocenters. The number of H-pyrrole nitrogens is 1. The van der Waals surface area contributed by atoms with Crippen molar-refractivity contribution in [2.24, 2.45) is 5.92 Å². The van der Waals surface area contributed by atoms with Crippen molar-refractivity contribution >= 4 is 35.6 Å². The van der Waals surface area contributed by atoms with Gasteiger partial charge in [-0.3, -0.25) is 4.79 Å². The van der Waals surface area contributed by atoms with Gasteiger partial charge in [-0.2, -0.15) is 0 Å². The van der Waals surface area contributed by atoms with E-state index in [4.69, 9.17) is 9.31 Å². The van der Waals surface area contributed by atoms with Crippen LogP contribution in [0.2, 0.25) is 0 Å². The Balaban J connectivity index is 1.39. The van der Waals surface area contributed by atoms with E-state index in [1.54, 1.807) is 13.8 Å². The number of hydrogen-bond acceptors (Lipinski definition) is 6. The number of ether oxygens (including phenoxy) is 1. The maximum absolute atomic E-state index is 14.7. The number of alkyl carbamates (subject to hydrolysis) is 1. The lowest BCUT2D eigenvalue weighted by molar-refractivity contribution is -0.136. The number of imidazole rings is 1. The SMILES string of the molecule is COC(=O)NC(C(=O)N1CC(F)(F)CC1c1nc2ccc(-c3ccc(B4OC(C)(C)C(C)(C)O4)cc3)cc2[nH]1)C(C)C. The van der Waals surface area contributed by atoms with Crippen LogP contribution in [0.4, 0.5) is 13.6 Å².